The topological polar surface area (TPSA) is 192 Å². The van der Waals surface area contributed by atoms with Crippen LogP contribution in [0.25, 0.3) is 23.0 Å². The van der Waals surface area contributed by atoms with Gasteiger partial charge in [-0.3, -0.25) is 10.1 Å². The summed E-state index contributed by atoms with van der Waals surface area (Å²) in [5, 5.41) is 41.2. The molecule has 2 aromatic carbocycles. The zero-order chi connectivity index (χ0) is 31.1. The third kappa shape index (κ3) is 7.22. The van der Waals surface area contributed by atoms with Crippen molar-refractivity contribution in [2.24, 2.45) is 5.92 Å². The molecule has 2 bridgehead atoms. The van der Waals surface area contributed by atoms with E-state index >= 15 is 0 Å². The zero-order valence-electron chi connectivity index (χ0n) is 23.8. The number of aliphatic hydroxyl groups is 2. The van der Waals surface area contributed by atoms with Crippen LogP contribution in [0.3, 0.4) is 0 Å². The molecule has 14 nitrogen and oxygen atoms in total. The summed E-state index contributed by atoms with van der Waals surface area (Å²) in [6, 6.07) is 9.46. The van der Waals surface area contributed by atoms with E-state index in [9.17, 15) is 19.8 Å². The van der Waals surface area contributed by atoms with Crippen LogP contribution in [-0.2, 0) is 9.53 Å². The van der Waals surface area contributed by atoms with Crippen LogP contribution in [0.4, 0.5) is 16.2 Å². The van der Waals surface area contributed by atoms with Gasteiger partial charge < -0.3 is 30.6 Å². The van der Waals surface area contributed by atoms with E-state index in [1.54, 1.807) is 48.7 Å². The lowest BCUT2D eigenvalue weighted by Crippen LogP contribution is -2.35. The molecule has 15 heteroatoms. The molecule has 6 N–H and O–H groups in total. The molecule has 3 atom stereocenters. The Balaban J connectivity index is 1.43. The summed E-state index contributed by atoms with van der Waals surface area (Å²) < 4.78 is 6.19. The van der Waals surface area contributed by atoms with Gasteiger partial charge in [-0.15, -0.1) is 5.10 Å². The van der Waals surface area contributed by atoms with Crippen LogP contribution < -0.4 is 16.0 Å². The number of ether oxygens (including phenoxy) is 1. The summed E-state index contributed by atoms with van der Waals surface area (Å²) in [6.45, 7) is -0.382. The maximum atomic E-state index is 13.2. The molecule has 0 aliphatic carbocycles. The number of aromatic amines is 1. The Morgan fingerprint density at radius 3 is 2.80 bits per heavy atom. The third-order valence-corrected chi connectivity index (χ3v) is 7.63. The molecule has 0 saturated heterocycles. The molecule has 0 fully saturated rings. The molecule has 3 heterocycles. The molecule has 5 rings (SSSR count). The monoisotopic (exact) mass is 621 g/mol. The van der Waals surface area contributed by atoms with Crippen molar-refractivity contribution in [3.8, 4) is 16.9 Å². The molecule has 0 spiro atoms. The van der Waals surface area contributed by atoms with Crippen molar-refractivity contribution in [3.63, 3.8) is 0 Å². The van der Waals surface area contributed by atoms with E-state index in [-0.39, 0.29) is 25.0 Å². The summed E-state index contributed by atoms with van der Waals surface area (Å²) in [6.07, 6.45) is 7.26. The van der Waals surface area contributed by atoms with Crippen LogP contribution in [0.15, 0.2) is 55.0 Å². The fourth-order valence-corrected chi connectivity index (χ4v) is 5.29. The normalized spacial score (nSPS) is 18.4. The lowest BCUT2D eigenvalue weighted by atomic mass is 9.92. The summed E-state index contributed by atoms with van der Waals surface area (Å²) in [5.74, 6) is -0.0774. The number of carbonyl (C=O) groups excluding carboxylic acids is 2. The molecule has 44 heavy (non-hydrogen) atoms. The number of nitrogens with one attached hydrogen (secondary N) is 4. The van der Waals surface area contributed by atoms with E-state index in [4.69, 9.17) is 16.3 Å². The van der Waals surface area contributed by atoms with E-state index in [0.29, 0.717) is 58.4 Å². The van der Waals surface area contributed by atoms with Crippen molar-refractivity contribution < 1.29 is 24.5 Å². The number of rotatable bonds is 7. The second kappa shape index (κ2) is 14.1. The molecular formula is C29H32ClN9O5. The molecular weight excluding hydrogens is 590 g/mol. The average molecular weight is 622 g/mol. The van der Waals surface area contributed by atoms with Gasteiger partial charge in [0.1, 0.15) is 12.2 Å². The standard InChI is InChI=1S/C29H32ClN9O5/c1-44-29(43)33-20-7-8-21-23(12-20)34-25(15-41)18(14-40)3-2-4-22(28-31-13-24(21)36-28)35-27(42)10-5-17-11-19(30)6-9-26(17)39-16-32-37-38-39/h5-13,16,18,22,25,34,40-41H,2-4,14-15H2,1H3,(H,31,36)(H,33,43)(H,35,42)/b10-5+/t18-,22+,25+/m1/s1. The van der Waals surface area contributed by atoms with Crippen molar-refractivity contribution in [2.45, 2.75) is 31.3 Å². The van der Waals surface area contributed by atoms with Gasteiger partial charge in [-0.05, 0) is 65.7 Å². The third-order valence-electron chi connectivity index (χ3n) is 7.39. The number of imidazole rings is 1. The van der Waals surface area contributed by atoms with Gasteiger partial charge >= 0.3 is 6.09 Å². The fraction of sp³-hybridized carbons (Fsp3) is 0.310. The van der Waals surface area contributed by atoms with Crippen molar-refractivity contribution >= 4 is 41.1 Å². The minimum atomic E-state index is -0.622. The Hall–Kier alpha value is -4.79. The lowest BCUT2D eigenvalue weighted by Gasteiger charge is -2.28. The van der Waals surface area contributed by atoms with Crippen LogP contribution in [-0.4, -0.2) is 78.8 Å². The summed E-state index contributed by atoms with van der Waals surface area (Å²) in [5.41, 5.74) is 3.75. The molecule has 2 amide bonds. The quantitative estimate of drug-likeness (QED) is 0.167. The maximum Gasteiger partial charge on any atom is 0.411 e. The first-order valence-corrected chi connectivity index (χ1v) is 14.3. The van der Waals surface area contributed by atoms with E-state index in [2.05, 4.69) is 41.4 Å². The number of aliphatic hydroxyl groups excluding tert-OH is 2. The van der Waals surface area contributed by atoms with E-state index in [0.717, 1.165) is 5.56 Å². The number of carbonyl (C=O) groups is 2. The number of hydrogen-bond donors (Lipinski definition) is 6. The number of fused-ring (bicyclic) bond motifs is 4. The number of tetrazole rings is 1. The van der Waals surface area contributed by atoms with Crippen LogP contribution in [0.2, 0.25) is 5.02 Å². The van der Waals surface area contributed by atoms with Crippen molar-refractivity contribution in [1.29, 1.82) is 0 Å². The van der Waals surface area contributed by atoms with Crippen LogP contribution in [0, 0.1) is 5.92 Å². The van der Waals surface area contributed by atoms with Crippen LogP contribution >= 0.6 is 11.6 Å². The van der Waals surface area contributed by atoms with Gasteiger partial charge in [0.25, 0.3) is 0 Å². The number of aromatic nitrogens is 6. The summed E-state index contributed by atoms with van der Waals surface area (Å²) in [7, 11) is 1.28. The average Bonchev–Trinajstić information content (AvgIpc) is 3.74. The smallest absolute Gasteiger partial charge is 0.411 e. The highest BCUT2D eigenvalue weighted by Gasteiger charge is 2.25. The maximum absolute atomic E-state index is 13.2. The van der Waals surface area contributed by atoms with Gasteiger partial charge in [0.15, 0.2) is 0 Å². The van der Waals surface area contributed by atoms with E-state index in [1.165, 1.54) is 24.2 Å². The van der Waals surface area contributed by atoms with Gasteiger partial charge in [-0.25, -0.2) is 9.78 Å². The van der Waals surface area contributed by atoms with Crippen molar-refractivity contribution in [2.75, 3.05) is 31.0 Å². The second-order valence-electron chi connectivity index (χ2n) is 10.2. The van der Waals surface area contributed by atoms with Crippen molar-refractivity contribution in [3.05, 3.63) is 71.4 Å². The van der Waals surface area contributed by atoms with E-state index in [1.807, 2.05) is 0 Å². The number of nitrogens with zero attached hydrogens (tertiary/aromatic N) is 5. The Morgan fingerprint density at radius 2 is 2.05 bits per heavy atom. The van der Waals surface area contributed by atoms with Crippen molar-refractivity contribution in [1.82, 2.24) is 35.5 Å². The minimum Gasteiger partial charge on any atom is -0.453 e. The molecule has 0 unspecified atom stereocenters. The molecule has 4 aromatic rings. The minimum absolute atomic E-state index is 0.154. The summed E-state index contributed by atoms with van der Waals surface area (Å²) >= 11 is 6.21. The van der Waals surface area contributed by atoms with Crippen LogP contribution in [0.5, 0.6) is 0 Å². The van der Waals surface area contributed by atoms with Gasteiger partial charge in [0.05, 0.1) is 43.4 Å². The molecule has 1 aliphatic rings. The zero-order valence-corrected chi connectivity index (χ0v) is 24.5. The van der Waals surface area contributed by atoms with E-state index < -0.39 is 18.2 Å². The predicted octanol–water partition coefficient (Wildman–Crippen LogP) is 3.32. The highest BCUT2D eigenvalue weighted by Crippen LogP contribution is 2.34. The number of anilines is 2. The second-order valence-corrected chi connectivity index (χ2v) is 10.7. The fourth-order valence-electron chi connectivity index (χ4n) is 5.11. The van der Waals surface area contributed by atoms with Gasteiger partial charge in [-0.1, -0.05) is 18.0 Å². The molecule has 230 valence electrons. The number of hydrogen-bond acceptors (Lipinski definition) is 10. The lowest BCUT2D eigenvalue weighted by molar-refractivity contribution is -0.117. The number of H-pyrrole nitrogens is 1. The summed E-state index contributed by atoms with van der Waals surface area (Å²) in [4.78, 5) is 32.9. The Kier molecular flexibility index (Phi) is 9.84. The molecule has 0 radical (unpaired) electrons. The first-order chi connectivity index (χ1) is 21.4. The number of amides is 2. The molecule has 0 saturated carbocycles. The van der Waals surface area contributed by atoms with Gasteiger partial charge in [0.2, 0.25) is 5.91 Å². The van der Waals surface area contributed by atoms with Crippen LogP contribution in [0.1, 0.15) is 36.7 Å². The first kappa shape index (κ1) is 30.7. The Bertz CT molecular complexity index is 1630. The molecule has 1 aliphatic heterocycles. The largest absolute Gasteiger partial charge is 0.453 e. The number of benzene rings is 2. The number of halogens is 1. The Morgan fingerprint density at radius 1 is 1.18 bits per heavy atom. The van der Waals surface area contributed by atoms with Gasteiger partial charge in [0, 0.05) is 46.1 Å². The predicted molar refractivity (Wildman–Crippen MR) is 163 cm³/mol. The van der Waals surface area contributed by atoms with Gasteiger partial charge in [-0.2, -0.15) is 4.68 Å². The SMILES string of the molecule is COC(=O)Nc1ccc2c(c1)N[C@@H](CO)[C@@H](CO)CCC[C@H](NC(=O)/C=C/c1cc(Cl)ccc1-n1cnnn1)c1ncc-2[nH]1. The molecule has 2 aromatic heterocycles. The highest BCUT2D eigenvalue weighted by atomic mass is 35.5. The first-order valence-electron chi connectivity index (χ1n) is 13.9. The highest BCUT2D eigenvalue weighted by molar-refractivity contribution is 6.30. The number of methoxy groups -OCH3 is 1. The Labute approximate surface area is 257 Å².